The molecule has 1 aromatic rings. The molecule has 1 aromatic carbocycles. The molecule has 0 radical (unpaired) electrons. The number of likely N-dealkylation sites (tertiary alicyclic amines) is 1. The molecule has 0 bridgehead atoms. The lowest BCUT2D eigenvalue weighted by Gasteiger charge is -2.33. The number of hydrogen-bond acceptors (Lipinski definition) is 1. The Kier molecular flexibility index (Phi) is 4.83. The van der Waals surface area contributed by atoms with Crippen molar-refractivity contribution in [1.29, 1.82) is 0 Å². The third-order valence-electron chi connectivity index (χ3n) is 3.74. The van der Waals surface area contributed by atoms with Crippen molar-refractivity contribution in [1.82, 2.24) is 10.2 Å². The Morgan fingerprint density at radius 2 is 2.11 bits per heavy atom. The van der Waals surface area contributed by atoms with Gasteiger partial charge in [-0.2, -0.15) is 0 Å². The Hall–Kier alpha value is -1.51. The van der Waals surface area contributed by atoms with E-state index in [1.807, 2.05) is 7.05 Å². The van der Waals surface area contributed by atoms with Crippen LogP contribution in [0.1, 0.15) is 30.9 Å². The number of nitrogens with zero attached hydrogens (tertiary/aromatic N) is 2. The first-order chi connectivity index (χ1) is 9.19. The third-order valence-corrected chi connectivity index (χ3v) is 3.74. The van der Waals surface area contributed by atoms with Crippen LogP contribution in [0.15, 0.2) is 29.3 Å². The number of benzene rings is 1. The maximum Gasteiger partial charge on any atom is 0.193 e. The van der Waals surface area contributed by atoms with Crippen LogP contribution in [0.2, 0.25) is 0 Å². The Morgan fingerprint density at radius 3 is 2.74 bits per heavy atom. The molecule has 2 rings (SSSR count). The van der Waals surface area contributed by atoms with E-state index >= 15 is 0 Å². The smallest absolute Gasteiger partial charge is 0.193 e. The maximum atomic E-state index is 4.41. The first-order valence-corrected chi connectivity index (χ1v) is 7.20. The summed E-state index contributed by atoms with van der Waals surface area (Å²) in [5, 5.41) is 3.47. The van der Waals surface area contributed by atoms with Crippen LogP contribution in [0, 0.1) is 12.8 Å². The van der Waals surface area contributed by atoms with Gasteiger partial charge in [0.1, 0.15) is 0 Å². The van der Waals surface area contributed by atoms with Crippen LogP contribution in [0.5, 0.6) is 0 Å². The summed E-state index contributed by atoms with van der Waals surface area (Å²) in [7, 11) is 1.87. The monoisotopic (exact) mass is 259 g/mol. The van der Waals surface area contributed by atoms with Crippen LogP contribution in [0.25, 0.3) is 0 Å². The molecule has 0 aromatic heterocycles. The predicted molar refractivity (Wildman–Crippen MR) is 81.3 cm³/mol. The van der Waals surface area contributed by atoms with E-state index in [1.165, 1.54) is 24.0 Å². The molecule has 1 heterocycles. The average molecular weight is 259 g/mol. The van der Waals surface area contributed by atoms with Crippen molar-refractivity contribution in [3.05, 3.63) is 35.4 Å². The summed E-state index contributed by atoms with van der Waals surface area (Å²) in [5.74, 6) is 1.80. The van der Waals surface area contributed by atoms with Gasteiger partial charge in [-0.05, 0) is 31.2 Å². The fourth-order valence-electron chi connectivity index (χ4n) is 2.60. The van der Waals surface area contributed by atoms with Gasteiger partial charge in [0.15, 0.2) is 5.96 Å². The normalized spacial score (nSPS) is 20.5. The number of aliphatic imine (C=N–C) groups is 1. The molecule has 3 nitrogen and oxygen atoms in total. The van der Waals surface area contributed by atoms with E-state index in [4.69, 9.17) is 0 Å². The van der Waals surface area contributed by atoms with Crippen LogP contribution in [0.3, 0.4) is 0 Å². The molecule has 1 unspecified atom stereocenters. The number of guanidine groups is 1. The van der Waals surface area contributed by atoms with Gasteiger partial charge >= 0.3 is 0 Å². The van der Waals surface area contributed by atoms with Crippen LogP contribution in [0.4, 0.5) is 0 Å². The lowest BCUT2D eigenvalue weighted by molar-refractivity contribution is 0.266. The van der Waals surface area contributed by atoms with Crippen LogP contribution >= 0.6 is 0 Å². The maximum absolute atomic E-state index is 4.41. The standard InChI is InChI=1S/C16H25N3/c1-13-6-8-15(9-7-13)11-18-16(17-3)19-10-4-5-14(2)12-19/h6-9,14H,4-5,10-12H2,1-3H3,(H,17,18). The van der Waals surface area contributed by atoms with Gasteiger partial charge in [0.05, 0.1) is 0 Å². The summed E-state index contributed by atoms with van der Waals surface area (Å²) >= 11 is 0. The number of rotatable bonds is 2. The van der Waals surface area contributed by atoms with Crippen LogP contribution in [-0.2, 0) is 6.54 Å². The largest absolute Gasteiger partial charge is 0.352 e. The molecule has 1 aliphatic rings. The SMILES string of the molecule is CN=C(NCc1ccc(C)cc1)N1CCCC(C)C1. The fourth-order valence-corrected chi connectivity index (χ4v) is 2.60. The second kappa shape index (κ2) is 6.60. The van der Waals surface area contributed by atoms with E-state index in [0.29, 0.717) is 0 Å². The number of nitrogens with one attached hydrogen (secondary N) is 1. The number of piperidine rings is 1. The molecule has 104 valence electrons. The Morgan fingerprint density at radius 1 is 1.37 bits per heavy atom. The number of hydrogen-bond donors (Lipinski definition) is 1. The molecule has 0 saturated carbocycles. The lowest BCUT2D eigenvalue weighted by atomic mass is 10.0. The molecule has 0 amide bonds. The van der Waals surface area contributed by atoms with Crippen molar-refractivity contribution in [2.75, 3.05) is 20.1 Å². The predicted octanol–water partition coefficient (Wildman–Crippen LogP) is 2.80. The minimum absolute atomic E-state index is 0.770. The zero-order valence-electron chi connectivity index (χ0n) is 12.3. The van der Waals surface area contributed by atoms with Crippen molar-refractivity contribution >= 4 is 5.96 Å². The topological polar surface area (TPSA) is 27.6 Å². The van der Waals surface area contributed by atoms with Gasteiger partial charge in [0.2, 0.25) is 0 Å². The quantitative estimate of drug-likeness (QED) is 0.653. The zero-order valence-corrected chi connectivity index (χ0v) is 12.3. The first kappa shape index (κ1) is 13.9. The van der Waals surface area contributed by atoms with Crippen molar-refractivity contribution in [2.24, 2.45) is 10.9 Å². The summed E-state index contributed by atoms with van der Waals surface area (Å²) < 4.78 is 0. The molecule has 1 atom stereocenters. The molecule has 0 spiro atoms. The summed E-state index contributed by atoms with van der Waals surface area (Å²) in [6.45, 7) is 7.52. The fraction of sp³-hybridized carbons (Fsp3) is 0.562. The van der Waals surface area contributed by atoms with E-state index in [2.05, 4.69) is 53.3 Å². The van der Waals surface area contributed by atoms with Crippen molar-refractivity contribution in [3.63, 3.8) is 0 Å². The summed E-state index contributed by atoms with van der Waals surface area (Å²) in [6.07, 6.45) is 2.61. The molecule has 1 aliphatic heterocycles. The Bertz CT molecular complexity index is 422. The molecular formula is C16H25N3. The highest BCUT2D eigenvalue weighted by atomic mass is 15.3. The highest BCUT2D eigenvalue weighted by molar-refractivity contribution is 5.79. The van der Waals surface area contributed by atoms with E-state index in [-0.39, 0.29) is 0 Å². The first-order valence-electron chi connectivity index (χ1n) is 7.20. The van der Waals surface area contributed by atoms with Gasteiger partial charge in [-0.15, -0.1) is 0 Å². The Labute approximate surface area is 116 Å². The van der Waals surface area contributed by atoms with Gasteiger partial charge in [-0.1, -0.05) is 36.8 Å². The second-order valence-corrected chi connectivity index (χ2v) is 5.58. The van der Waals surface area contributed by atoms with Gasteiger partial charge in [-0.3, -0.25) is 4.99 Å². The molecule has 3 heteroatoms. The van der Waals surface area contributed by atoms with Gasteiger partial charge in [0.25, 0.3) is 0 Å². The van der Waals surface area contributed by atoms with Crippen LogP contribution in [-0.4, -0.2) is 31.0 Å². The minimum Gasteiger partial charge on any atom is -0.352 e. The lowest BCUT2D eigenvalue weighted by Crippen LogP contribution is -2.45. The highest BCUT2D eigenvalue weighted by Crippen LogP contribution is 2.15. The van der Waals surface area contributed by atoms with Crippen molar-refractivity contribution in [2.45, 2.75) is 33.2 Å². The molecule has 1 fully saturated rings. The van der Waals surface area contributed by atoms with E-state index in [1.54, 1.807) is 0 Å². The second-order valence-electron chi connectivity index (χ2n) is 5.58. The van der Waals surface area contributed by atoms with Crippen LogP contribution < -0.4 is 5.32 Å². The summed E-state index contributed by atoms with van der Waals surface area (Å²) in [4.78, 5) is 6.79. The zero-order chi connectivity index (χ0) is 13.7. The molecular weight excluding hydrogens is 234 g/mol. The highest BCUT2D eigenvalue weighted by Gasteiger charge is 2.18. The molecule has 1 N–H and O–H groups in total. The van der Waals surface area contributed by atoms with E-state index < -0.39 is 0 Å². The van der Waals surface area contributed by atoms with Gasteiger partial charge in [0, 0.05) is 26.7 Å². The third kappa shape index (κ3) is 3.98. The average Bonchev–Trinajstić information content (AvgIpc) is 2.42. The van der Waals surface area contributed by atoms with Crippen molar-refractivity contribution < 1.29 is 0 Å². The van der Waals surface area contributed by atoms with Gasteiger partial charge < -0.3 is 10.2 Å². The number of aryl methyl sites for hydroxylation is 1. The summed E-state index contributed by atoms with van der Waals surface area (Å²) in [6, 6.07) is 8.66. The summed E-state index contributed by atoms with van der Waals surface area (Å²) in [5.41, 5.74) is 2.61. The van der Waals surface area contributed by atoms with E-state index in [9.17, 15) is 0 Å². The van der Waals surface area contributed by atoms with Gasteiger partial charge in [-0.25, -0.2) is 0 Å². The molecule has 0 aliphatic carbocycles. The molecule has 19 heavy (non-hydrogen) atoms. The van der Waals surface area contributed by atoms with Crippen molar-refractivity contribution in [3.8, 4) is 0 Å². The van der Waals surface area contributed by atoms with E-state index in [0.717, 1.165) is 31.5 Å². The minimum atomic E-state index is 0.770. The Balaban J connectivity index is 1.90. The molecule has 1 saturated heterocycles.